The lowest BCUT2D eigenvalue weighted by atomic mass is 10.2. The van der Waals surface area contributed by atoms with Crippen LogP contribution in [0.4, 0.5) is 4.39 Å². The van der Waals surface area contributed by atoms with Gasteiger partial charge in [-0.1, -0.05) is 0 Å². The molecule has 0 aliphatic carbocycles. The minimum absolute atomic E-state index is 0.0415. The zero-order chi connectivity index (χ0) is 10.3. The summed E-state index contributed by atoms with van der Waals surface area (Å²) in [4.78, 5) is 10.7. The number of carbonyl (C=O) groups is 1. The Hall–Kier alpha value is -1.36. The Morgan fingerprint density at radius 3 is 2.86 bits per heavy atom. The summed E-state index contributed by atoms with van der Waals surface area (Å²) in [5, 5.41) is 9.01. The number of rotatable bonds is 1. The summed E-state index contributed by atoms with van der Waals surface area (Å²) in [5.74, 6) is -1.64. The van der Waals surface area contributed by atoms with Crippen molar-refractivity contribution in [1.29, 1.82) is 0 Å². The van der Waals surface area contributed by atoms with E-state index in [1.165, 1.54) is 6.07 Å². The highest BCUT2D eigenvalue weighted by Gasteiger charge is 2.15. The molecule has 0 radical (unpaired) electrons. The smallest absolute Gasteiger partial charge is 0.339 e. The molecule has 14 heavy (non-hydrogen) atoms. The number of benzene rings is 1. The van der Waals surface area contributed by atoms with E-state index in [-0.39, 0.29) is 10.9 Å². The van der Waals surface area contributed by atoms with Gasteiger partial charge in [0, 0.05) is 5.39 Å². The van der Waals surface area contributed by atoms with Crippen molar-refractivity contribution < 1.29 is 18.7 Å². The third-order valence-electron chi connectivity index (χ3n) is 1.82. The molecule has 0 amide bonds. The molecular formula is C9H4BrFO3. The first-order chi connectivity index (χ1) is 6.59. The Morgan fingerprint density at radius 1 is 1.50 bits per heavy atom. The standard InChI is InChI=1S/C9H4BrFO3/c10-7-2-4(11)1-5-6(9(12)13)3-14-8(5)7/h1-3H,(H,12,13). The number of fused-ring (bicyclic) bond motifs is 1. The van der Waals surface area contributed by atoms with Crippen molar-refractivity contribution in [2.24, 2.45) is 0 Å². The summed E-state index contributed by atoms with van der Waals surface area (Å²) in [6, 6.07) is 2.35. The van der Waals surface area contributed by atoms with Gasteiger partial charge in [0.1, 0.15) is 23.2 Å². The second kappa shape index (κ2) is 3.09. The molecule has 0 spiro atoms. The van der Waals surface area contributed by atoms with Crippen LogP contribution in [0, 0.1) is 5.82 Å². The fourth-order valence-electron chi connectivity index (χ4n) is 1.23. The number of hydrogen-bond acceptors (Lipinski definition) is 2. The van der Waals surface area contributed by atoms with Crippen molar-refractivity contribution in [3.8, 4) is 0 Å². The molecule has 1 heterocycles. The molecule has 72 valence electrons. The van der Waals surface area contributed by atoms with Crippen LogP contribution in [0.2, 0.25) is 0 Å². The molecule has 0 aliphatic rings. The summed E-state index contributed by atoms with van der Waals surface area (Å²) < 4.78 is 18.4. The van der Waals surface area contributed by atoms with Crippen molar-refractivity contribution in [3.63, 3.8) is 0 Å². The third kappa shape index (κ3) is 1.29. The Kier molecular flexibility index (Phi) is 2.03. The first kappa shape index (κ1) is 9.21. The summed E-state index contributed by atoms with van der Waals surface area (Å²) in [5.41, 5.74) is 0.295. The molecule has 1 N–H and O–H groups in total. The maximum atomic E-state index is 13.0. The molecule has 2 aromatic rings. The van der Waals surface area contributed by atoms with Crippen molar-refractivity contribution in [2.45, 2.75) is 0 Å². The molecule has 0 unspecified atom stereocenters. The van der Waals surface area contributed by atoms with Crippen molar-refractivity contribution in [1.82, 2.24) is 0 Å². The Labute approximate surface area is 86.3 Å². The molecule has 0 saturated carbocycles. The SMILES string of the molecule is O=C(O)c1coc2c(Br)cc(F)cc12. The molecule has 0 bridgehead atoms. The van der Waals surface area contributed by atoms with Gasteiger partial charge in [0.05, 0.1) is 4.47 Å². The Balaban J connectivity index is 2.85. The van der Waals surface area contributed by atoms with Gasteiger partial charge in [-0.25, -0.2) is 9.18 Å². The minimum Gasteiger partial charge on any atom is -0.478 e. The maximum Gasteiger partial charge on any atom is 0.339 e. The zero-order valence-electron chi connectivity index (χ0n) is 6.75. The van der Waals surface area contributed by atoms with Crippen molar-refractivity contribution in [2.75, 3.05) is 0 Å². The Morgan fingerprint density at radius 2 is 2.21 bits per heavy atom. The van der Waals surface area contributed by atoms with E-state index in [2.05, 4.69) is 15.9 Å². The molecule has 3 nitrogen and oxygen atoms in total. The van der Waals surface area contributed by atoms with Gasteiger partial charge in [-0.05, 0) is 28.1 Å². The number of halogens is 2. The summed E-state index contributed by atoms with van der Waals surface area (Å²) in [6.07, 6.45) is 1.09. The second-order valence-corrected chi connectivity index (χ2v) is 3.57. The van der Waals surface area contributed by atoms with Crippen LogP contribution >= 0.6 is 15.9 Å². The van der Waals surface area contributed by atoms with Crippen LogP contribution in [0.3, 0.4) is 0 Å². The molecule has 2 rings (SSSR count). The van der Waals surface area contributed by atoms with Crippen molar-refractivity contribution in [3.05, 3.63) is 34.2 Å². The van der Waals surface area contributed by atoms with Gasteiger partial charge < -0.3 is 9.52 Å². The van der Waals surface area contributed by atoms with E-state index in [0.29, 0.717) is 10.1 Å². The molecule has 0 aliphatic heterocycles. The molecule has 5 heteroatoms. The molecule has 1 aromatic carbocycles. The summed E-state index contributed by atoms with van der Waals surface area (Å²) in [6.45, 7) is 0. The van der Waals surface area contributed by atoms with Gasteiger partial charge in [0.2, 0.25) is 0 Å². The van der Waals surface area contributed by atoms with E-state index < -0.39 is 11.8 Å². The van der Waals surface area contributed by atoms with E-state index in [0.717, 1.165) is 12.3 Å². The predicted molar refractivity (Wildman–Crippen MR) is 50.8 cm³/mol. The lowest BCUT2D eigenvalue weighted by Gasteiger charge is -1.94. The average Bonchev–Trinajstić information content (AvgIpc) is 2.47. The largest absolute Gasteiger partial charge is 0.478 e. The van der Waals surface area contributed by atoms with Crippen LogP contribution in [0.5, 0.6) is 0 Å². The molecule has 1 aromatic heterocycles. The number of carboxylic acids is 1. The van der Waals surface area contributed by atoms with Gasteiger partial charge >= 0.3 is 5.97 Å². The fourth-order valence-corrected chi connectivity index (χ4v) is 1.75. The van der Waals surface area contributed by atoms with E-state index in [1.807, 2.05) is 0 Å². The molecule has 0 fully saturated rings. The van der Waals surface area contributed by atoms with Gasteiger partial charge in [0.25, 0.3) is 0 Å². The highest BCUT2D eigenvalue weighted by atomic mass is 79.9. The normalized spacial score (nSPS) is 10.7. The molecular weight excluding hydrogens is 255 g/mol. The monoisotopic (exact) mass is 258 g/mol. The third-order valence-corrected chi connectivity index (χ3v) is 2.41. The highest BCUT2D eigenvalue weighted by molar-refractivity contribution is 9.10. The van der Waals surface area contributed by atoms with E-state index in [4.69, 9.17) is 9.52 Å². The number of hydrogen-bond donors (Lipinski definition) is 1. The molecule has 0 atom stereocenters. The molecule has 0 saturated heterocycles. The van der Waals surface area contributed by atoms with E-state index in [1.54, 1.807) is 0 Å². The van der Waals surface area contributed by atoms with Crippen LogP contribution in [-0.4, -0.2) is 11.1 Å². The van der Waals surface area contributed by atoms with Crippen LogP contribution < -0.4 is 0 Å². The first-order valence-electron chi connectivity index (χ1n) is 3.69. The van der Waals surface area contributed by atoms with E-state index in [9.17, 15) is 9.18 Å². The van der Waals surface area contributed by atoms with Crippen molar-refractivity contribution >= 4 is 32.9 Å². The summed E-state index contributed by atoms with van der Waals surface area (Å²) in [7, 11) is 0. The lowest BCUT2D eigenvalue weighted by molar-refractivity contribution is 0.0698. The zero-order valence-corrected chi connectivity index (χ0v) is 8.34. The van der Waals surface area contributed by atoms with Crippen LogP contribution in [0.15, 0.2) is 27.3 Å². The average molecular weight is 259 g/mol. The van der Waals surface area contributed by atoms with Gasteiger partial charge in [-0.15, -0.1) is 0 Å². The summed E-state index contributed by atoms with van der Waals surface area (Å²) >= 11 is 3.08. The van der Waals surface area contributed by atoms with E-state index >= 15 is 0 Å². The van der Waals surface area contributed by atoms with Crippen LogP contribution in [0.1, 0.15) is 10.4 Å². The first-order valence-corrected chi connectivity index (χ1v) is 4.48. The predicted octanol–water partition coefficient (Wildman–Crippen LogP) is 3.03. The number of carboxylic acid groups (broad SMARTS) is 1. The Bertz CT molecular complexity index is 518. The maximum absolute atomic E-state index is 13.0. The lowest BCUT2D eigenvalue weighted by Crippen LogP contribution is -1.93. The number of aromatic carboxylic acids is 1. The quantitative estimate of drug-likeness (QED) is 0.856. The number of furan rings is 1. The van der Waals surface area contributed by atoms with Gasteiger partial charge in [-0.3, -0.25) is 0 Å². The van der Waals surface area contributed by atoms with Crippen LogP contribution in [-0.2, 0) is 0 Å². The highest BCUT2D eigenvalue weighted by Crippen LogP contribution is 2.29. The second-order valence-electron chi connectivity index (χ2n) is 2.72. The van der Waals surface area contributed by atoms with Gasteiger partial charge in [-0.2, -0.15) is 0 Å². The fraction of sp³-hybridized carbons (Fsp3) is 0. The topological polar surface area (TPSA) is 50.4 Å². The minimum atomic E-state index is -1.14. The van der Waals surface area contributed by atoms with Crippen LogP contribution in [0.25, 0.3) is 11.0 Å². The van der Waals surface area contributed by atoms with Gasteiger partial charge in [0.15, 0.2) is 0 Å².